The standard InChI is InChI=1S/C19H15BrS.C19H15ClS.C14H13ClS.C13H11ClS.C10H13BrS.C10H13ClS.C9H11BrS.C9H11ClS.C8H9ClS.C7H7ClS/c2*20-21-19(16-10-4-1-5-11-16,17-12-6-2-7-13-17)18-14-8-3-9-15-18;1-14(16-15,12-8-4-2-5-9-12)13-10-6-3-7-11-13;14-15-13(11-7-3-1-4-8-11)12-9-5-2-6-10-12;2*1-3-10(2,12-11)9-7-5-4-6-8-9;2*1-9(2,11-10)8-6-4-3-5-7-8;1-7(10-9)8-5-3-2-4-6-8;8-9-6-7-4-2-1-3-5-7/h2*1-15H;2-11H,1H3;1-10,13H;2*4-8H,3H2,1-2H3;2*3-7H,1-2H3;2-7H,1H3;1-5H,6H2. The van der Waals surface area contributed by atoms with Crippen LogP contribution < -0.4 is 0 Å². The molecular weight excluding hydrogens is 2230 g/mol. The van der Waals surface area contributed by atoms with Gasteiger partial charge in [0.1, 0.15) is 9.49 Å². The van der Waals surface area contributed by atoms with Gasteiger partial charge in [0, 0.05) is 20.5 Å². The molecular formula is C118H118Br3Cl7S10. The maximum atomic E-state index is 6.44. The third kappa shape index (κ3) is 37.8. The highest BCUT2D eigenvalue weighted by molar-refractivity contribution is 9.50. The van der Waals surface area contributed by atoms with Crippen LogP contribution in [0, 0.1) is 0 Å². The molecule has 0 saturated carbocycles. The van der Waals surface area contributed by atoms with Gasteiger partial charge in [0.15, 0.2) is 0 Å². The Hall–Kier alpha value is -5.51. The second-order valence-electron chi connectivity index (χ2n) is 32.7. The summed E-state index contributed by atoms with van der Waals surface area (Å²) in [5.74, 6) is 0.891. The van der Waals surface area contributed by atoms with Crippen molar-refractivity contribution in [1.82, 2.24) is 0 Å². The number of hydrogen-bond acceptors (Lipinski definition) is 10. The SMILES string of the molecule is BrSC(c1ccccc1)(c1ccccc1)c1ccccc1.CC(C)(SBr)c1ccccc1.CC(C)(SCl)c1ccccc1.CC(SCl)(c1ccccc1)c1ccccc1.CC(SCl)c1ccccc1.CCC(C)(SBr)c1ccccc1.CCC(C)(SCl)c1ccccc1.ClSC(c1ccccc1)(c1ccccc1)c1ccccc1.ClSC(c1ccccc1)c1ccccc1.ClSCc1ccccc1. The molecule has 0 saturated heterocycles. The van der Waals surface area contributed by atoms with Gasteiger partial charge in [-0.3, -0.25) is 0 Å². The van der Waals surface area contributed by atoms with Gasteiger partial charge in [0.05, 0.1) is 19.5 Å². The van der Waals surface area contributed by atoms with Crippen molar-refractivity contribution in [1.29, 1.82) is 0 Å². The Morgan fingerprint density at radius 3 is 0.688 bits per heavy atom. The van der Waals surface area contributed by atoms with Crippen molar-refractivity contribution in [3.05, 3.63) is 574 Å². The van der Waals surface area contributed by atoms with Gasteiger partial charge in [-0.25, -0.2) is 0 Å². The molecule has 0 amide bonds. The summed E-state index contributed by atoms with van der Waals surface area (Å²) in [6.45, 7) is 21.6. The lowest BCUT2D eigenvalue weighted by atomic mass is 9.84. The molecule has 0 bridgehead atoms. The van der Waals surface area contributed by atoms with Crippen molar-refractivity contribution in [2.75, 3.05) is 0 Å². The predicted octanol–water partition coefficient (Wildman–Crippen LogP) is 44.4. The van der Waals surface area contributed by atoms with E-state index in [0.717, 1.165) is 18.6 Å². The molecule has 20 heteroatoms. The lowest BCUT2D eigenvalue weighted by molar-refractivity contribution is 0.669. The van der Waals surface area contributed by atoms with Gasteiger partial charge in [-0.15, -0.1) is 0 Å². The summed E-state index contributed by atoms with van der Waals surface area (Å²) >= 11 is 10.6. The lowest BCUT2D eigenvalue weighted by Gasteiger charge is -2.33. The van der Waals surface area contributed by atoms with Gasteiger partial charge in [0.2, 0.25) is 0 Å². The van der Waals surface area contributed by atoms with Crippen LogP contribution in [0.2, 0.25) is 0 Å². The van der Waals surface area contributed by atoms with Gasteiger partial charge < -0.3 is 0 Å². The summed E-state index contributed by atoms with van der Waals surface area (Å²) in [6, 6.07) is 167. The summed E-state index contributed by atoms with van der Waals surface area (Å²) < 4.78 is -0.382. The van der Waals surface area contributed by atoms with Crippen molar-refractivity contribution in [3.8, 4) is 0 Å². The van der Waals surface area contributed by atoms with E-state index < -0.39 is 4.75 Å². The first kappa shape index (κ1) is 119. The van der Waals surface area contributed by atoms with Crippen molar-refractivity contribution >= 4 is 227 Å². The monoisotopic (exact) mass is 2340 g/mol. The summed E-state index contributed by atoms with van der Waals surface area (Å²) in [5.41, 5.74) is 20.1. The quantitative estimate of drug-likeness (QED) is 0.0433. The van der Waals surface area contributed by atoms with E-state index in [1.165, 1.54) is 166 Å². The van der Waals surface area contributed by atoms with Crippen LogP contribution in [0.4, 0.5) is 0 Å². The molecule has 16 rings (SSSR count). The first-order valence-electron chi connectivity index (χ1n) is 44.7. The molecule has 0 spiro atoms. The molecule has 3 atom stereocenters. The van der Waals surface area contributed by atoms with Crippen LogP contribution in [0.15, 0.2) is 485 Å². The third-order valence-electron chi connectivity index (χ3n) is 22.7. The number of hydrogen-bond donors (Lipinski definition) is 0. The summed E-state index contributed by atoms with van der Waals surface area (Å²) in [7, 11) is 55.7. The molecule has 3 unspecified atom stereocenters. The van der Waals surface area contributed by atoms with Crippen molar-refractivity contribution in [2.45, 2.75) is 132 Å². The molecule has 0 N–H and O–H groups in total. The summed E-state index contributed by atoms with van der Waals surface area (Å²) in [5, 5.41) is 0.608. The molecule has 0 fully saturated rings. The van der Waals surface area contributed by atoms with Gasteiger partial charge in [-0.05, 0) is 342 Å². The fourth-order valence-electron chi connectivity index (χ4n) is 14.0. The molecule has 0 aliphatic heterocycles. The maximum Gasteiger partial charge on any atom is 0.106 e. The molecule has 720 valence electrons. The highest BCUT2D eigenvalue weighted by atomic mass is 79.9. The Balaban J connectivity index is 0.000000211. The minimum atomic E-state index is -0.397. The molecule has 16 aromatic carbocycles. The molecule has 0 nitrogen and oxygen atoms in total. The van der Waals surface area contributed by atoms with Crippen LogP contribution in [0.25, 0.3) is 0 Å². The number of benzene rings is 16. The minimum absolute atomic E-state index is 0.0167. The van der Waals surface area contributed by atoms with E-state index in [9.17, 15) is 0 Å². The van der Waals surface area contributed by atoms with E-state index in [1.54, 1.807) is 30.6 Å². The topological polar surface area (TPSA) is 0 Å². The maximum absolute atomic E-state index is 6.44. The van der Waals surface area contributed by atoms with Crippen LogP contribution in [-0.4, -0.2) is 0 Å². The van der Waals surface area contributed by atoms with Crippen molar-refractivity contribution in [3.63, 3.8) is 0 Å². The zero-order valence-corrected chi connectivity index (χ0v) is 97.0. The van der Waals surface area contributed by atoms with E-state index >= 15 is 0 Å². The molecule has 0 aliphatic carbocycles. The fraction of sp³-hybridized carbons (Fsp3) is 0.186. The molecule has 0 radical (unpaired) electrons. The lowest BCUT2D eigenvalue weighted by Crippen LogP contribution is -2.24. The van der Waals surface area contributed by atoms with Crippen LogP contribution in [0.3, 0.4) is 0 Å². The first-order chi connectivity index (χ1) is 67.0. The van der Waals surface area contributed by atoms with E-state index in [-0.39, 0.29) is 33.7 Å². The average molecular weight is 2340 g/mol. The highest BCUT2D eigenvalue weighted by Crippen LogP contribution is 2.53. The highest BCUT2D eigenvalue weighted by Gasteiger charge is 2.39. The van der Waals surface area contributed by atoms with Gasteiger partial charge in [-0.2, -0.15) is 0 Å². The van der Waals surface area contributed by atoms with E-state index in [2.05, 4.69) is 441 Å². The second kappa shape index (κ2) is 66.5. The third-order valence-corrected chi connectivity index (χ3v) is 41.5. The Morgan fingerprint density at radius 1 is 0.225 bits per heavy atom. The molecule has 16 aromatic rings. The second-order valence-corrected chi connectivity index (χ2v) is 48.2. The van der Waals surface area contributed by atoms with Gasteiger partial charge in [0.25, 0.3) is 0 Å². The van der Waals surface area contributed by atoms with E-state index in [4.69, 9.17) is 74.8 Å². The van der Waals surface area contributed by atoms with Gasteiger partial charge >= 0.3 is 0 Å². The largest absolute Gasteiger partial charge is 0.106 e. The Labute approximate surface area is 921 Å². The number of rotatable bonds is 28. The Kier molecular flexibility index (Phi) is 57.6. The summed E-state index contributed by atoms with van der Waals surface area (Å²) in [6.07, 6.45) is 2.18. The van der Waals surface area contributed by atoms with E-state index in [0.29, 0.717) is 5.25 Å². The van der Waals surface area contributed by atoms with Crippen LogP contribution in [-0.2, 0) is 39.0 Å². The van der Waals surface area contributed by atoms with Crippen LogP contribution in [0.5, 0.6) is 0 Å². The molecule has 0 aliphatic rings. The van der Waals surface area contributed by atoms with Crippen LogP contribution >= 0.6 is 227 Å². The van der Waals surface area contributed by atoms with Gasteiger partial charge in [-0.1, -0.05) is 541 Å². The van der Waals surface area contributed by atoms with Crippen molar-refractivity contribution < 1.29 is 0 Å². The van der Waals surface area contributed by atoms with Crippen LogP contribution in [0.1, 0.15) is 182 Å². The normalized spacial score (nSPS) is 12.0. The zero-order valence-electron chi connectivity index (χ0n) is 78.8. The van der Waals surface area contributed by atoms with E-state index in [1.807, 2.05) is 158 Å². The zero-order chi connectivity index (χ0) is 99.7. The molecule has 0 aromatic heterocycles. The minimum Gasteiger partial charge on any atom is -0.0725 e. The first-order valence-corrected chi connectivity index (χ1v) is 64.5. The fourth-order valence-corrected chi connectivity index (χ4v) is 25.0. The number of halogens is 10. The average Bonchev–Trinajstić information content (AvgIpc) is 0.762. The molecule has 138 heavy (non-hydrogen) atoms. The smallest absolute Gasteiger partial charge is 0.0725 e. The Bertz CT molecular complexity index is 5260. The summed E-state index contributed by atoms with van der Waals surface area (Å²) in [4.78, 5) is 0. The van der Waals surface area contributed by atoms with Crippen molar-refractivity contribution in [2.24, 2.45) is 0 Å². The Morgan fingerprint density at radius 2 is 0.464 bits per heavy atom. The molecule has 0 heterocycles. The predicted molar refractivity (Wildman–Crippen MR) is 648 cm³/mol.